The maximum atomic E-state index is 12.8. The number of nitrogens with one attached hydrogen (secondary N) is 2. The maximum Gasteiger partial charge on any atom is 0.335 e. The fraction of sp³-hybridized carbons (Fsp3) is 0.611. The van der Waals surface area contributed by atoms with Crippen LogP contribution in [0.4, 0.5) is 5.69 Å². The molecule has 2 fully saturated rings. The molecule has 3 N–H and O–H groups in total. The van der Waals surface area contributed by atoms with Crippen LogP contribution >= 0.6 is 0 Å². The Labute approximate surface area is 154 Å². The summed E-state index contributed by atoms with van der Waals surface area (Å²) in [6.07, 6.45) is 7.04. The van der Waals surface area contributed by atoms with Gasteiger partial charge in [-0.25, -0.2) is 17.9 Å². The van der Waals surface area contributed by atoms with Gasteiger partial charge in [0.05, 0.1) is 17.4 Å². The Morgan fingerprint density at radius 3 is 2.58 bits per heavy atom. The minimum atomic E-state index is -3.84. The number of aromatic carboxylic acids is 1. The molecular weight excluding hydrogens is 356 g/mol. The average Bonchev–Trinajstić information content (AvgIpc) is 3.15. The van der Waals surface area contributed by atoms with Gasteiger partial charge < -0.3 is 15.2 Å². The van der Waals surface area contributed by atoms with Crippen molar-refractivity contribution in [2.75, 3.05) is 18.5 Å². The van der Waals surface area contributed by atoms with Crippen molar-refractivity contribution in [3.8, 4) is 0 Å². The van der Waals surface area contributed by atoms with Gasteiger partial charge in [-0.1, -0.05) is 19.3 Å². The molecule has 3 rings (SSSR count). The first-order valence-electron chi connectivity index (χ1n) is 9.21. The molecule has 1 atom stereocenters. The summed E-state index contributed by atoms with van der Waals surface area (Å²) >= 11 is 0. The Morgan fingerprint density at radius 2 is 1.92 bits per heavy atom. The summed E-state index contributed by atoms with van der Waals surface area (Å²) in [5.74, 6) is -1.15. The van der Waals surface area contributed by atoms with Crippen molar-refractivity contribution in [3.63, 3.8) is 0 Å². The molecule has 1 saturated carbocycles. The van der Waals surface area contributed by atoms with Crippen LogP contribution in [0.25, 0.3) is 0 Å². The van der Waals surface area contributed by atoms with E-state index < -0.39 is 16.0 Å². The summed E-state index contributed by atoms with van der Waals surface area (Å²) in [4.78, 5) is 11.3. The van der Waals surface area contributed by atoms with E-state index in [4.69, 9.17) is 4.74 Å². The van der Waals surface area contributed by atoms with Gasteiger partial charge in [0, 0.05) is 19.2 Å². The number of rotatable bonds is 7. The molecule has 1 aromatic carbocycles. The molecule has 1 aliphatic heterocycles. The van der Waals surface area contributed by atoms with E-state index in [0.717, 1.165) is 38.5 Å². The highest BCUT2D eigenvalue weighted by Gasteiger charge is 2.25. The Kier molecular flexibility index (Phi) is 6.16. The van der Waals surface area contributed by atoms with E-state index in [1.165, 1.54) is 18.6 Å². The van der Waals surface area contributed by atoms with E-state index in [9.17, 15) is 18.3 Å². The summed E-state index contributed by atoms with van der Waals surface area (Å²) in [6.45, 7) is 0.845. The van der Waals surface area contributed by atoms with E-state index in [0.29, 0.717) is 12.3 Å². The number of carbonyl (C=O) groups is 1. The van der Waals surface area contributed by atoms with Crippen LogP contribution in [0.1, 0.15) is 55.3 Å². The number of benzene rings is 1. The molecule has 8 heteroatoms. The lowest BCUT2D eigenvalue weighted by Crippen LogP contribution is -2.33. The summed E-state index contributed by atoms with van der Waals surface area (Å²) in [5, 5.41) is 12.5. The zero-order valence-electron chi connectivity index (χ0n) is 14.7. The zero-order chi connectivity index (χ0) is 18.6. The van der Waals surface area contributed by atoms with E-state index in [2.05, 4.69) is 10.0 Å². The average molecular weight is 382 g/mol. The summed E-state index contributed by atoms with van der Waals surface area (Å²) < 4.78 is 33.7. The van der Waals surface area contributed by atoms with Crippen LogP contribution in [-0.2, 0) is 14.8 Å². The first-order valence-corrected chi connectivity index (χ1v) is 10.7. The summed E-state index contributed by atoms with van der Waals surface area (Å²) in [6, 6.07) is 4.43. The van der Waals surface area contributed by atoms with Crippen molar-refractivity contribution >= 4 is 21.7 Å². The monoisotopic (exact) mass is 382 g/mol. The Morgan fingerprint density at radius 1 is 1.15 bits per heavy atom. The molecule has 2 aliphatic rings. The van der Waals surface area contributed by atoms with Crippen LogP contribution in [0.2, 0.25) is 0 Å². The number of sulfonamides is 1. The quantitative estimate of drug-likeness (QED) is 0.669. The molecule has 0 bridgehead atoms. The third-order valence-electron chi connectivity index (χ3n) is 5.01. The van der Waals surface area contributed by atoms with Crippen molar-refractivity contribution in [2.24, 2.45) is 0 Å². The molecular formula is C18H26N2O5S. The normalized spacial score (nSPS) is 21.6. The van der Waals surface area contributed by atoms with Gasteiger partial charge in [-0.3, -0.25) is 0 Å². The Hall–Kier alpha value is -1.64. The Balaban J connectivity index is 1.82. The van der Waals surface area contributed by atoms with Crippen molar-refractivity contribution in [1.29, 1.82) is 0 Å². The highest BCUT2D eigenvalue weighted by atomic mass is 32.2. The topological polar surface area (TPSA) is 105 Å². The second kappa shape index (κ2) is 8.37. The third kappa shape index (κ3) is 4.75. The predicted molar refractivity (Wildman–Crippen MR) is 98.1 cm³/mol. The minimum absolute atomic E-state index is 0.0130. The molecule has 0 aromatic heterocycles. The second-order valence-electron chi connectivity index (χ2n) is 6.98. The van der Waals surface area contributed by atoms with Crippen LogP contribution in [0.15, 0.2) is 23.1 Å². The molecule has 1 heterocycles. The third-order valence-corrected chi connectivity index (χ3v) is 6.47. The van der Waals surface area contributed by atoms with Gasteiger partial charge in [0.15, 0.2) is 0 Å². The lowest BCUT2D eigenvalue weighted by atomic mass is 9.95. The van der Waals surface area contributed by atoms with Crippen molar-refractivity contribution < 1.29 is 23.1 Å². The van der Waals surface area contributed by atoms with E-state index in [-0.39, 0.29) is 29.1 Å². The van der Waals surface area contributed by atoms with Gasteiger partial charge in [0.25, 0.3) is 0 Å². The fourth-order valence-corrected chi connectivity index (χ4v) is 4.81. The van der Waals surface area contributed by atoms with Gasteiger partial charge in [-0.2, -0.15) is 0 Å². The summed E-state index contributed by atoms with van der Waals surface area (Å²) in [5.41, 5.74) is 0.415. The molecule has 1 saturated heterocycles. The minimum Gasteiger partial charge on any atom is -0.478 e. The number of carboxylic acids is 1. The first-order chi connectivity index (χ1) is 12.5. The molecule has 1 aromatic rings. The smallest absolute Gasteiger partial charge is 0.335 e. The van der Waals surface area contributed by atoms with Gasteiger partial charge >= 0.3 is 5.97 Å². The van der Waals surface area contributed by atoms with Crippen molar-refractivity contribution in [2.45, 2.75) is 62.0 Å². The van der Waals surface area contributed by atoms with Gasteiger partial charge in [-0.15, -0.1) is 0 Å². The van der Waals surface area contributed by atoms with Gasteiger partial charge in [-0.05, 0) is 43.9 Å². The standard InChI is InChI=1S/C18H26N2O5S/c21-18(22)13-8-9-16(20-14-5-2-1-3-6-14)17(11-13)26(23,24)19-12-15-7-4-10-25-15/h8-9,11,14-15,19-20H,1-7,10,12H2,(H,21,22). The van der Waals surface area contributed by atoms with Gasteiger partial charge in [0.2, 0.25) is 10.0 Å². The number of hydrogen-bond acceptors (Lipinski definition) is 5. The summed E-state index contributed by atoms with van der Waals surface area (Å²) in [7, 11) is -3.84. The SMILES string of the molecule is O=C(O)c1ccc(NC2CCCCC2)c(S(=O)(=O)NCC2CCCO2)c1. The van der Waals surface area contributed by atoms with E-state index >= 15 is 0 Å². The van der Waals surface area contributed by atoms with Gasteiger partial charge in [0.1, 0.15) is 4.90 Å². The number of carboxylic acid groups (broad SMARTS) is 1. The molecule has 0 amide bonds. The molecule has 0 spiro atoms. The van der Waals surface area contributed by atoms with Crippen LogP contribution < -0.4 is 10.0 Å². The van der Waals surface area contributed by atoms with E-state index in [1.807, 2.05) is 0 Å². The van der Waals surface area contributed by atoms with Crippen LogP contribution in [-0.4, -0.2) is 44.8 Å². The molecule has 1 aliphatic carbocycles. The van der Waals surface area contributed by atoms with E-state index in [1.54, 1.807) is 6.07 Å². The second-order valence-corrected chi connectivity index (χ2v) is 8.72. The van der Waals surface area contributed by atoms with Crippen molar-refractivity contribution in [1.82, 2.24) is 4.72 Å². The lowest BCUT2D eigenvalue weighted by molar-refractivity contribution is 0.0696. The molecule has 144 valence electrons. The molecule has 7 nitrogen and oxygen atoms in total. The number of anilines is 1. The van der Waals surface area contributed by atoms with Crippen LogP contribution in [0, 0.1) is 0 Å². The van der Waals surface area contributed by atoms with Crippen LogP contribution in [0.5, 0.6) is 0 Å². The maximum absolute atomic E-state index is 12.8. The highest BCUT2D eigenvalue weighted by Crippen LogP contribution is 2.27. The predicted octanol–water partition coefficient (Wildman–Crippen LogP) is 2.59. The Bertz CT molecular complexity index is 738. The largest absolute Gasteiger partial charge is 0.478 e. The number of hydrogen-bond donors (Lipinski definition) is 3. The van der Waals surface area contributed by atoms with Crippen molar-refractivity contribution in [3.05, 3.63) is 23.8 Å². The molecule has 26 heavy (non-hydrogen) atoms. The molecule has 0 radical (unpaired) electrons. The lowest BCUT2D eigenvalue weighted by Gasteiger charge is -2.25. The molecule has 1 unspecified atom stereocenters. The highest BCUT2D eigenvalue weighted by molar-refractivity contribution is 7.89. The number of ether oxygens (including phenoxy) is 1. The zero-order valence-corrected chi connectivity index (χ0v) is 15.6. The fourth-order valence-electron chi connectivity index (χ4n) is 3.55. The van der Waals surface area contributed by atoms with Crippen LogP contribution in [0.3, 0.4) is 0 Å². The first kappa shape index (κ1) is 19.1.